The molecule has 1 aliphatic carbocycles. The van der Waals surface area contributed by atoms with E-state index in [1.165, 1.54) is 13.2 Å². The van der Waals surface area contributed by atoms with Gasteiger partial charge in [0.25, 0.3) is 5.91 Å². The molecule has 34 heavy (non-hydrogen) atoms. The van der Waals surface area contributed by atoms with Crippen molar-refractivity contribution in [2.24, 2.45) is 5.92 Å². The standard InChI is InChI=1S/C23H30BN5O5/c1-22(2)23(3,4)34-24(33-22)14-8-7-9-15(19(14)32-6)26-16-12-17(27-20(30)13-10-11-13)28-29-18(16)21(31)25-5/h7-9,12-13H,10-11H2,1-6H3,(H,25,31)(H2,26,27,28,30)/i5D3. The van der Waals surface area contributed by atoms with Gasteiger partial charge in [-0.1, -0.05) is 12.1 Å². The molecule has 11 heteroatoms. The normalized spacial score (nSPS) is 20.0. The summed E-state index contributed by atoms with van der Waals surface area (Å²) in [5, 5.41) is 15.5. The summed E-state index contributed by atoms with van der Waals surface area (Å²) in [6.07, 6.45) is 1.60. The molecule has 0 radical (unpaired) electrons. The van der Waals surface area contributed by atoms with Crippen molar-refractivity contribution in [3.05, 3.63) is 30.0 Å². The molecule has 1 saturated heterocycles. The fraction of sp³-hybridized carbons (Fsp3) is 0.478. The molecular formula is C23H30BN5O5. The Balaban J connectivity index is 1.70. The van der Waals surface area contributed by atoms with Gasteiger partial charge in [-0.25, -0.2) is 0 Å². The van der Waals surface area contributed by atoms with Crippen LogP contribution in [-0.4, -0.2) is 54.4 Å². The third-order valence-electron chi connectivity index (χ3n) is 6.35. The number of hydrogen-bond donors (Lipinski definition) is 3. The predicted octanol–water partition coefficient (Wildman–Crippen LogP) is 2.24. The highest BCUT2D eigenvalue weighted by Gasteiger charge is 2.52. The van der Waals surface area contributed by atoms with Gasteiger partial charge in [-0.3, -0.25) is 9.59 Å². The highest BCUT2D eigenvalue weighted by atomic mass is 16.7. The highest BCUT2D eigenvalue weighted by molar-refractivity contribution is 6.63. The van der Waals surface area contributed by atoms with Crippen LogP contribution in [-0.2, 0) is 14.1 Å². The Hall–Kier alpha value is -3.18. The number of rotatable bonds is 7. The smallest absolute Gasteiger partial charge is 0.495 e. The van der Waals surface area contributed by atoms with Gasteiger partial charge in [0, 0.05) is 28.5 Å². The van der Waals surface area contributed by atoms with E-state index in [4.69, 9.17) is 18.2 Å². The van der Waals surface area contributed by atoms with Crippen LogP contribution in [0.2, 0.25) is 0 Å². The van der Waals surface area contributed by atoms with Gasteiger partial charge in [0.1, 0.15) is 5.75 Å². The van der Waals surface area contributed by atoms with Crippen LogP contribution in [0.15, 0.2) is 24.3 Å². The summed E-state index contributed by atoms with van der Waals surface area (Å²) in [5.74, 6) is -0.723. The lowest BCUT2D eigenvalue weighted by Crippen LogP contribution is -2.41. The summed E-state index contributed by atoms with van der Waals surface area (Å²) in [6.45, 7) is 5.03. The van der Waals surface area contributed by atoms with E-state index in [0.29, 0.717) is 16.9 Å². The van der Waals surface area contributed by atoms with E-state index in [0.717, 1.165) is 12.8 Å². The number of para-hydroxylation sites is 1. The Morgan fingerprint density at radius 3 is 2.47 bits per heavy atom. The number of carbonyl (C=O) groups excluding carboxylic acids is 2. The van der Waals surface area contributed by atoms with E-state index in [1.807, 2.05) is 33.0 Å². The topological polar surface area (TPSA) is 124 Å². The molecule has 1 aromatic carbocycles. The fourth-order valence-electron chi connectivity index (χ4n) is 3.53. The van der Waals surface area contributed by atoms with Crippen LogP contribution in [0.4, 0.5) is 17.2 Å². The minimum Gasteiger partial charge on any atom is -0.495 e. The van der Waals surface area contributed by atoms with Crippen LogP contribution < -0.4 is 26.2 Å². The van der Waals surface area contributed by atoms with E-state index >= 15 is 0 Å². The molecule has 1 saturated carbocycles. The summed E-state index contributed by atoms with van der Waals surface area (Å²) in [4.78, 5) is 25.0. The largest absolute Gasteiger partial charge is 0.498 e. The summed E-state index contributed by atoms with van der Waals surface area (Å²) >= 11 is 0. The summed E-state index contributed by atoms with van der Waals surface area (Å²) in [7, 11) is 0.771. The highest BCUT2D eigenvalue weighted by Crippen LogP contribution is 2.38. The van der Waals surface area contributed by atoms with Crippen molar-refractivity contribution >= 4 is 41.6 Å². The number of carbonyl (C=O) groups is 2. The first kappa shape index (κ1) is 20.2. The van der Waals surface area contributed by atoms with Crippen molar-refractivity contribution in [3.63, 3.8) is 0 Å². The molecule has 1 aromatic heterocycles. The monoisotopic (exact) mass is 470 g/mol. The average Bonchev–Trinajstić information content (AvgIpc) is 3.59. The Morgan fingerprint density at radius 2 is 1.85 bits per heavy atom. The quantitative estimate of drug-likeness (QED) is 0.527. The van der Waals surface area contributed by atoms with E-state index in [2.05, 4.69) is 20.8 Å². The molecule has 180 valence electrons. The zero-order valence-electron chi connectivity index (χ0n) is 22.8. The lowest BCUT2D eigenvalue weighted by atomic mass is 9.78. The molecule has 0 bridgehead atoms. The number of nitrogens with zero attached hydrogens (tertiary/aromatic N) is 2. The van der Waals surface area contributed by atoms with Gasteiger partial charge in [0.2, 0.25) is 5.91 Å². The van der Waals surface area contributed by atoms with E-state index < -0.39 is 31.2 Å². The number of aromatic nitrogens is 2. The maximum absolute atomic E-state index is 12.7. The van der Waals surface area contributed by atoms with Crippen LogP contribution in [0.1, 0.15) is 55.1 Å². The number of hydrogen-bond acceptors (Lipinski definition) is 8. The molecule has 0 unspecified atom stereocenters. The molecule has 2 amide bonds. The third kappa shape index (κ3) is 4.58. The minimum absolute atomic E-state index is 0.0755. The van der Waals surface area contributed by atoms with E-state index in [-0.39, 0.29) is 29.0 Å². The molecular weight excluding hydrogens is 437 g/mol. The first-order valence-electron chi connectivity index (χ1n) is 12.5. The summed E-state index contributed by atoms with van der Waals surface area (Å²) in [6, 6.07) is 6.70. The third-order valence-corrected chi connectivity index (χ3v) is 6.35. The van der Waals surface area contributed by atoms with Gasteiger partial charge in [-0.05, 0) is 46.6 Å². The van der Waals surface area contributed by atoms with Gasteiger partial charge in [-0.2, -0.15) is 0 Å². The maximum atomic E-state index is 12.7. The Bertz CT molecular complexity index is 1200. The Morgan fingerprint density at radius 1 is 1.15 bits per heavy atom. The zero-order chi connectivity index (χ0) is 27.2. The first-order valence-corrected chi connectivity index (χ1v) is 11.0. The zero-order valence-corrected chi connectivity index (χ0v) is 19.8. The lowest BCUT2D eigenvalue weighted by molar-refractivity contribution is -0.117. The van der Waals surface area contributed by atoms with Crippen LogP contribution in [0.25, 0.3) is 0 Å². The maximum Gasteiger partial charge on any atom is 0.498 e. The fourth-order valence-corrected chi connectivity index (χ4v) is 3.53. The number of amides is 2. The van der Waals surface area contributed by atoms with E-state index in [9.17, 15) is 9.59 Å². The van der Waals surface area contributed by atoms with Gasteiger partial charge in [-0.15, -0.1) is 10.2 Å². The van der Waals surface area contributed by atoms with Crippen molar-refractivity contribution in [2.45, 2.75) is 51.7 Å². The number of ether oxygens (including phenoxy) is 1. The first-order chi connectivity index (χ1) is 17.2. The molecule has 0 spiro atoms. The Labute approximate surface area is 203 Å². The number of anilines is 3. The van der Waals surface area contributed by atoms with Crippen molar-refractivity contribution in [1.82, 2.24) is 15.5 Å². The van der Waals surface area contributed by atoms with Crippen LogP contribution >= 0.6 is 0 Å². The van der Waals surface area contributed by atoms with Gasteiger partial charge >= 0.3 is 7.12 Å². The molecule has 2 fully saturated rings. The second-order valence-electron chi connectivity index (χ2n) is 9.35. The minimum atomic E-state index is -2.73. The number of methoxy groups -OCH3 is 1. The van der Waals surface area contributed by atoms with Crippen LogP contribution in [0.5, 0.6) is 5.75 Å². The van der Waals surface area contributed by atoms with Gasteiger partial charge in [0.15, 0.2) is 11.5 Å². The molecule has 3 N–H and O–H groups in total. The second kappa shape index (κ2) is 8.88. The average molecular weight is 470 g/mol. The van der Waals surface area contributed by atoms with Gasteiger partial charge < -0.3 is 30.0 Å². The predicted molar refractivity (Wildman–Crippen MR) is 129 cm³/mol. The summed E-state index contributed by atoms with van der Waals surface area (Å²) < 4.78 is 40.2. The van der Waals surface area contributed by atoms with Crippen molar-refractivity contribution in [2.75, 3.05) is 24.7 Å². The SMILES string of the molecule is [2H]C([2H])([2H])NC(=O)c1nnc(NC(=O)C2CC2)cc1Nc1cccc(B2OC(C)(C)C(C)(C)O2)c1OC. The van der Waals surface area contributed by atoms with Gasteiger partial charge in [0.05, 0.1) is 29.7 Å². The molecule has 10 nitrogen and oxygen atoms in total. The van der Waals surface area contributed by atoms with E-state index in [1.54, 1.807) is 18.2 Å². The molecule has 1 aliphatic heterocycles. The van der Waals surface area contributed by atoms with Crippen LogP contribution in [0.3, 0.4) is 0 Å². The number of nitrogens with one attached hydrogen (secondary N) is 3. The van der Waals surface area contributed by atoms with Crippen LogP contribution in [0, 0.1) is 5.92 Å². The molecule has 2 heterocycles. The second-order valence-corrected chi connectivity index (χ2v) is 9.35. The van der Waals surface area contributed by atoms with Crippen molar-refractivity contribution in [3.8, 4) is 5.75 Å². The number of benzene rings is 1. The molecule has 0 atom stereocenters. The Kier molecular flexibility index (Phi) is 5.28. The van der Waals surface area contributed by atoms with Crippen molar-refractivity contribution in [1.29, 1.82) is 0 Å². The lowest BCUT2D eigenvalue weighted by Gasteiger charge is -2.32. The molecule has 2 aliphatic rings. The molecule has 4 rings (SSSR count). The summed E-state index contributed by atoms with van der Waals surface area (Å²) in [5.41, 5.74) is -0.253. The molecule has 2 aromatic rings. The van der Waals surface area contributed by atoms with Crippen molar-refractivity contribution < 1.29 is 27.7 Å².